The standard InChI is InChI=1S/C20H21N3O6S/c1-14-17(3-2-4-18(14)23(25)26)20(24)22-8-7-15-13-16(5-6-19(15)22)30(27,28)21-9-11-29-12-10-21/h2-6,13H,7-12H2,1H3. The van der Waals surface area contributed by atoms with Gasteiger partial charge in [-0.3, -0.25) is 14.9 Å². The predicted octanol–water partition coefficient (Wildman–Crippen LogP) is 2.13. The van der Waals surface area contributed by atoms with Crippen molar-refractivity contribution in [3.63, 3.8) is 0 Å². The van der Waals surface area contributed by atoms with Gasteiger partial charge in [0, 0.05) is 42.5 Å². The molecule has 0 N–H and O–H groups in total. The molecule has 10 heteroatoms. The molecule has 1 fully saturated rings. The van der Waals surface area contributed by atoms with Gasteiger partial charge < -0.3 is 9.64 Å². The monoisotopic (exact) mass is 431 g/mol. The number of nitro groups is 1. The number of hydrogen-bond donors (Lipinski definition) is 0. The van der Waals surface area contributed by atoms with Gasteiger partial charge in [0.15, 0.2) is 0 Å². The van der Waals surface area contributed by atoms with E-state index in [1.54, 1.807) is 30.0 Å². The third-order valence-corrected chi connectivity index (χ3v) is 7.43. The lowest BCUT2D eigenvalue weighted by Gasteiger charge is -2.26. The van der Waals surface area contributed by atoms with Crippen molar-refractivity contribution in [2.45, 2.75) is 18.2 Å². The Labute approximate surface area is 174 Å². The molecule has 2 aliphatic heterocycles. The summed E-state index contributed by atoms with van der Waals surface area (Å²) in [4.78, 5) is 25.5. The number of fused-ring (bicyclic) bond motifs is 1. The van der Waals surface area contributed by atoms with E-state index in [0.29, 0.717) is 50.5 Å². The number of carbonyl (C=O) groups is 1. The Hall–Kier alpha value is -2.82. The molecule has 0 bridgehead atoms. The molecular formula is C20H21N3O6S. The predicted molar refractivity (Wildman–Crippen MR) is 109 cm³/mol. The second-order valence-corrected chi connectivity index (χ2v) is 9.16. The fourth-order valence-electron chi connectivity index (χ4n) is 3.88. The van der Waals surface area contributed by atoms with Crippen molar-refractivity contribution in [1.29, 1.82) is 0 Å². The summed E-state index contributed by atoms with van der Waals surface area (Å²) in [6.45, 7) is 3.31. The zero-order valence-corrected chi connectivity index (χ0v) is 17.2. The van der Waals surface area contributed by atoms with Crippen molar-refractivity contribution >= 4 is 27.3 Å². The molecule has 1 saturated heterocycles. The summed E-state index contributed by atoms with van der Waals surface area (Å²) in [5.41, 5.74) is 1.87. The minimum Gasteiger partial charge on any atom is -0.379 e. The molecule has 2 heterocycles. The number of benzene rings is 2. The van der Waals surface area contributed by atoms with Gasteiger partial charge in [-0.05, 0) is 43.2 Å². The molecule has 0 aliphatic carbocycles. The second-order valence-electron chi connectivity index (χ2n) is 7.22. The van der Waals surface area contributed by atoms with E-state index in [4.69, 9.17) is 4.74 Å². The molecule has 0 unspecified atom stereocenters. The van der Waals surface area contributed by atoms with E-state index in [2.05, 4.69) is 0 Å². The Morgan fingerprint density at radius 2 is 1.87 bits per heavy atom. The Balaban J connectivity index is 1.64. The van der Waals surface area contributed by atoms with Crippen LogP contribution in [0.5, 0.6) is 0 Å². The molecule has 2 aromatic carbocycles. The smallest absolute Gasteiger partial charge is 0.273 e. The first-order valence-corrected chi connectivity index (χ1v) is 11.0. The summed E-state index contributed by atoms with van der Waals surface area (Å²) in [6, 6.07) is 9.20. The van der Waals surface area contributed by atoms with Crippen molar-refractivity contribution < 1.29 is 22.9 Å². The molecule has 0 saturated carbocycles. The highest BCUT2D eigenvalue weighted by Gasteiger charge is 2.31. The number of ether oxygens (including phenoxy) is 1. The first-order chi connectivity index (χ1) is 14.3. The SMILES string of the molecule is Cc1c(C(=O)N2CCc3cc(S(=O)(=O)N4CCOCC4)ccc32)cccc1[N+](=O)[O-]. The molecule has 1 amide bonds. The lowest BCUT2D eigenvalue weighted by Crippen LogP contribution is -2.40. The maximum absolute atomic E-state index is 13.1. The largest absolute Gasteiger partial charge is 0.379 e. The minimum atomic E-state index is -3.62. The fourth-order valence-corrected chi connectivity index (χ4v) is 5.34. The zero-order chi connectivity index (χ0) is 21.5. The van der Waals surface area contributed by atoms with Crippen LogP contribution in [0.1, 0.15) is 21.5 Å². The average molecular weight is 431 g/mol. The van der Waals surface area contributed by atoms with E-state index < -0.39 is 14.9 Å². The fraction of sp³-hybridized carbons (Fsp3) is 0.350. The molecule has 158 valence electrons. The highest BCUT2D eigenvalue weighted by atomic mass is 32.2. The third-order valence-electron chi connectivity index (χ3n) is 5.53. The summed E-state index contributed by atoms with van der Waals surface area (Å²) < 4.78 is 32.4. The zero-order valence-electron chi connectivity index (χ0n) is 16.4. The number of nitro benzene ring substituents is 1. The number of amides is 1. The Kier molecular flexibility index (Phi) is 5.31. The molecule has 0 aromatic heterocycles. The molecular weight excluding hydrogens is 410 g/mol. The number of carbonyl (C=O) groups excluding carboxylic acids is 1. The van der Waals surface area contributed by atoms with Crippen LogP contribution in [0, 0.1) is 17.0 Å². The van der Waals surface area contributed by atoms with Crippen LogP contribution in [0.25, 0.3) is 0 Å². The Morgan fingerprint density at radius 1 is 1.13 bits per heavy atom. The van der Waals surface area contributed by atoms with Crippen LogP contribution in [0.15, 0.2) is 41.3 Å². The van der Waals surface area contributed by atoms with Gasteiger partial charge in [-0.1, -0.05) is 6.07 Å². The van der Waals surface area contributed by atoms with Crippen molar-refractivity contribution in [2.24, 2.45) is 0 Å². The number of morpholine rings is 1. The number of sulfonamides is 1. The first kappa shape index (κ1) is 20.5. The van der Waals surface area contributed by atoms with E-state index >= 15 is 0 Å². The topological polar surface area (TPSA) is 110 Å². The maximum Gasteiger partial charge on any atom is 0.273 e. The minimum absolute atomic E-state index is 0.104. The molecule has 2 aliphatic rings. The van der Waals surface area contributed by atoms with Crippen LogP contribution in [0.2, 0.25) is 0 Å². The van der Waals surface area contributed by atoms with Gasteiger partial charge >= 0.3 is 0 Å². The van der Waals surface area contributed by atoms with Gasteiger partial charge in [0.2, 0.25) is 10.0 Å². The second kappa shape index (κ2) is 7.78. The molecule has 2 aromatic rings. The van der Waals surface area contributed by atoms with E-state index in [9.17, 15) is 23.3 Å². The van der Waals surface area contributed by atoms with E-state index in [1.807, 2.05) is 0 Å². The van der Waals surface area contributed by atoms with Crippen molar-refractivity contribution in [3.05, 3.63) is 63.2 Å². The molecule has 0 atom stereocenters. The van der Waals surface area contributed by atoms with Gasteiger partial charge in [0.05, 0.1) is 23.0 Å². The Morgan fingerprint density at radius 3 is 2.57 bits per heavy atom. The van der Waals surface area contributed by atoms with Crippen LogP contribution in [-0.2, 0) is 21.2 Å². The highest BCUT2D eigenvalue weighted by Crippen LogP contribution is 2.33. The lowest BCUT2D eigenvalue weighted by molar-refractivity contribution is -0.385. The average Bonchev–Trinajstić information content (AvgIpc) is 3.17. The maximum atomic E-state index is 13.1. The third kappa shape index (κ3) is 3.47. The number of nitrogens with zero attached hydrogens (tertiary/aromatic N) is 3. The van der Waals surface area contributed by atoms with Crippen LogP contribution in [0.3, 0.4) is 0 Å². The normalized spacial score (nSPS) is 17.0. The summed E-state index contributed by atoms with van der Waals surface area (Å²) in [5.74, 6) is -0.335. The van der Waals surface area contributed by atoms with Crippen LogP contribution in [0.4, 0.5) is 11.4 Å². The van der Waals surface area contributed by atoms with Crippen molar-refractivity contribution in [1.82, 2.24) is 4.31 Å². The molecule has 0 spiro atoms. The first-order valence-electron chi connectivity index (χ1n) is 9.57. The number of anilines is 1. The van der Waals surface area contributed by atoms with Crippen LogP contribution < -0.4 is 4.90 Å². The quantitative estimate of drug-likeness (QED) is 0.542. The van der Waals surface area contributed by atoms with Gasteiger partial charge in [-0.25, -0.2) is 8.42 Å². The summed E-state index contributed by atoms with van der Waals surface area (Å²) in [7, 11) is -3.62. The lowest BCUT2D eigenvalue weighted by atomic mass is 10.1. The van der Waals surface area contributed by atoms with Gasteiger partial charge in [0.1, 0.15) is 0 Å². The van der Waals surface area contributed by atoms with Gasteiger partial charge in [-0.15, -0.1) is 0 Å². The highest BCUT2D eigenvalue weighted by molar-refractivity contribution is 7.89. The van der Waals surface area contributed by atoms with E-state index in [-0.39, 0.29) is 22.1 Å². The summed E-state index contributed by atoms with van der Waals surface area (Å²) in [6.07, 6.45) is 0.515. The summed E-state index contributed by atoms with van der Waals surface area (Å²) >= 11 is 0. The van der Waals surface area contributed by atoms with Gasteiger partial charge in [-0.2, -0.15) is 4.31 Å². The summed E-state index contributed by atoms with van der Waals surface area (Å²) in [5, 5.41) is 11.2. The van der Waals surface area contributed by atoms with E-state index in [1.165, 1.54) is 22.5 Å². The number of rotatable bonds is 4. The van der Waals surface area contributed by atoms with Crippen LogP contribution in [-0.4, -0.2) is 56.4 Å². The molecule has 4 rings (SSSR count). The van der Waals surface area contributed by atoms with Gasteiger partial charge in [0.25, 0.3) is 11.6 Å². The number of hydrogen-bond acceptors (Lipinski definition) is 6. The van der Waals surface area contributed by atoms with Crippen LogP contribution >= 0.6 is 0 Å². The molecule has 0 radical (unpaired) electrons. The van der Waals surface area contributed by atoms with Crippen molar-refractivity contribution in [3.8, 4) is 0 Å². The molecule has 30 heavy (non-hydrogen) atoms. The van der Waals surface area contributed by atoms with Crippen molar-refractivity contribution in [2.75, 3.05) is 37.7 Å². The molecule has 9 nitrogen and oxygen atoms in total. The van der Waals surface area contributed by atoms with E-state index in [0.717, 1.165) is 5.56 Å². The Bertz CT molecular complexity index is 1130.